The Kier molecular flexibility index (Phi) is 7.46. The number of thiazole rings is 1. The number of hydrogen-bond donors (Lipinski definition) is 1. The van der Waals surface area contributed by atoms with Crippen LogP contribution in [-0.4, -0.2) is 46.9 Å². The summed E-state index contributed by atoms with van der Waals surface area (Å²) < 4.78 is 11.5. The minimum absolute atomic E-state index is 0.549. The van der Waals surface area contributed by atoms with Gasteiger partial charge in [0.2, 0.25) is 0 Å². The van der Waals surface area contributed by atoms with E-state index >= 15 is 0 Å². The van der Waals surface area contributed by atoms with E-state index in [1.807, 2.05) is 39.1 Å². The molecule has 0 radical (unpaired) electrons. The number of benzene rings is 1. The van der Waals surface area contributed by atoms with Crippen molar-refractivity contribution in [2.45, 2.75) is 47.1 Å². The molecule has 5 rings (SSSR count). The Morgan fingerprint density at radius 1 is 1.16 bits per heavy atom. The molecule has 4 aromatic rings. The Morgan fingerprint density at radius 3 is 2.76 bits per heavy atom. The maximum Gasteiger partial charge on any atom is 0.163 e. The lowest BCUT2D eigenvalue weighted by Gasteiger charge is -2.29. The molecule has 3 aromatic heterocycles. The molecule has 0 bridgehead atoms. The lowest BCUT2D eigenvalue weighted by atomic mass is 10.0. The Balaban J connectivity index is 1.60. The maximum absolute atomic E-state index is 6.71. The van der Waals surface area contributed by atoms with E-state index in [4.69, 9.17) is 35.8 Å². The van der Waals surface area contributed by atoms with Gasteiger partial charge in [0.15, 0.2) is 5.82 Å². The van der Waals surface area contributed by atoms with Crippen LogP contribution >= 0.6 is 22.9 Å². The Morgan fingerprint density at radius 2 is 2.00 bits per heavy atom. The highest BCUT2D eigenvalue weighted by molar-refractivity contribution is 7.11. The zero-order valence-corrected chi connectivity index (χ0v) is 23.4. The van der Waals surface area contributed by atoms with Crippen LogP contribution in [0.5, 0.6) is 5.75 Å². The zero-order valence-electron chi connectivity index (χ0n) is 21.8. The third-order valence-electron chi connectivity index (χ3n) is 6.55. The number of nitrogens with zero attached hydrogens (tertiary/aromatic N) is 5. The highest BCUT2D eigenvalue weighted by Gasteiger charge is 2.27. The molecule has 0 saturated heterocycles. The average molecular weight is 539 g/mol. The number of aryl methyl sites for hydroxylation is 3. The lowest BCUT2D eigenvalue weighted by molar-refractivity contribution is 0.310. The fourth-order valence-electron chi connectivity index (χ4n) is 4.71. The zero-order chi connectivity index (χ0) is 26.1. The number of halogens is 1. The van der Waals surface area contributed by atoms with Crippen LogP contribution in [0.25, 0.3) is 22.6 Å². The summed E-state index contributed by atoms with van der Waals surface area (Å²) in [6, 6.07) is 5.65. The van der Waals surface area contributed by atoms with Gasteiger partial charge in [0.1, 0.15) is 17.3 Å². The van der Waals surface area contributed by atoms with Crippen molar-refractivity contribution in [3.63, 3.8) is 0 Å². The van der Waals surface area contributed by atoms with E-state index in [1.165, 1.54) is 10.6 Å². The van der Waals surface area contributed by atoms with Gasteiger partial charge in [0.25, 0.3) is 0 Å². The highest BCUT2D eigenvalue weighted by atomic mass is 35.5. The van der Waals surface area contributed by atoms with Crippen LogP contribution in [0.1, 0.15) is 39.0 Å². The third kappa shape index (κ3) is 5.21. The summed E-state index contributed by atoms with van der Waals surface area (Å²) in [6.07, 6.45) is 1.79. The van der Waals surface area contributed by atoms with Crippen molar-refractivity contribution >= 4 is 28.8 Å². The lowest BCUT2D eigenvalue weighted by Crippen LogP contribution is -2.31. The van der Waals surface area contributed by atoms with Crippen LogP contribution in [-0.2, 0) is 13.0 Å². The molecule has 0 amide bonds. The number of nitrogens with one attached hydrogen (secondary N) is 1. The van der Waals surface area contributed by atoms with Crippen molar-refractivity contribution in [2.75, 3.05) is 31.6 Å². The Hall–Kier alpha value is -3.01. The van der Waals surface area contributed by atoms with Crippen LogP contribution in [0.15, 0.2) is 22.7 Å². The molecule has 0 spiro atoms. The molecular formula is C27H31ClN6O2S. The van der Waals surface area contributed by atoms with Gasteiger partial charge >= 0.3 is 0 Å². The predicted molar refractivity (Wildman–Crippen MR) is 148 cm³/mol. The van der Waals surface area contributed by atoms with Crippen molar-refractivity contribution in [2.24, 2.45) is 0 Å². The Labute approximate surface area is 226 Å². The molecule has 1 aliphatic heterocycles. The van der Waals surface area contributed by atoms with Gasteiger partial charge in [-0.1, -0.05) is 16.8 Å². The van der Waals surface area contributed by atoms with E-state index in [-0.39, 0.29) is 0 Å². The minimum Gasteiger partial charge on any atom is -0.494 e. The van der Waals surface area contributed by atoms with Crippen LogP contribution in [0.2, 0.25) is 5.02 Å². The molecule has 1 N–H and O–H groups in total. The summed E-state index contributed by atoms with van der Waals surface area (Å²) in [5, 5.41) is 8.99. The predicted octanol–water partition coefficient (Wildman–Crippen LogP) is 5.69. The first-order chi connectivity index (χ1) is 17.9. The average Bonchev–Trinajstić information content (AvgIpc) is 3.42. The van der Waals surface area contributed by atoms with Gasteiger partial charge in [-0.25, -0.2) is 15.0 Å². The molecule has 0 fully saturated rings. The third-order valence-corrected chi connectivity index (χ3v) is 7.87. The molecule has 0 atom stereocenters. The second-order valence-corrected chi connectivity index (χ2v) is 11.0. The van der Waals surface area contributed by atoms with Crippen LogP contribution < -0.4 is 15.0 Å². The molecule has 8 nitrogen and oxygen atoms in total. The van der Waals surface area contributed by atoms with E-state index in [0.717, 1.165) is 82.9 Å². The van der Waals surface area contributed by atoms with Gasteiger partial charge in [-0.3, -0.25) is 0 Å². The van der Waals surface area contributed by atoms with Crippen molar-refractivity contribution in [3.05, 3.63) is 55.8 Å². The summed E-state index contributed by atoms with van der Waals surface area (Å²) >= 11 is 8.46. The number of fused-ring (bicyclic) bond motifs is 1. The number of rotatable bonds is 8. The van der Waals surface area contributed by atoms with Crippen molar-refractivity contribution < 1.29 is 9.26 Å². The first-order valence-corrected chi connectivity index (χ1v) is 13.6. The quantitative estimate of drug-likeness (QED) is 0.286. The summed E-state index contributed by atoms with van der Waals surface area (Å²) in [5.41, 5.74) is 5.40. The van der Waals surface area contributed by atoms with E-state index in [9.17, 15) is 0 Å². The van der Waals surface area contributed by atoms with Crippen LogP contribution in [0.4, 0.5) is 5.82 Å². The molecule has 1 aromatic carbocycles. The van der Waals surface area contributed by atoms with E-state index < -0.39 is 0 Å². The van der Waals surface area contributed by atoms with Crippen LogP contribution in [0.3, 0.4) is 0 Å². The van der Waals surface area contributed by atoms with Crippen molar-refractivity contribution in [1.29, 1.82) is 0 Å². The fraction of sp³-hybridized carbons (Fsp3) is 0.407. The van der Waals surface area contributed by atoms with Crippen LogP contribution in [0, 0.1) is 27.7 Å². The molecular weight excluding hydrogens is 508 g/mol. The SMILES string of the molecule is CNCCCOc1ccc(Cl)c(-c2nc(-c3c(C)noc3C)c(C)c(N3CCc4nc(C)sc4C3)n2)c1. The molecule has 194 valence electrons. The standard InChI is InChI=1S/C27H31ClN6O2S/c1-15-25(24-16(2)33-36-17(24)3)31-26(20-13-19(7-8-21(20)28)35-12-6-10-29-5)32-27(15)34-11-9-22-23(14-34)37-18(4)30-22/h7-8,13,29H,6,9-12,14H2,1-5H3. The van der Waals surface area contributed by atoms with E-state index in [1.54, 1.807) is 11.3 Å². The molecule has 10 heteroatoms. The molecule has 4 heterocycles. The number of ether oxygens (including phenoxy) is 1. The van der Waals surface area contributed by atoms with Gasteiger partial charge < -0.3 is 19.5 Å². The first-order valence-electron chi connectivity index (χ1n) is 12.4. The number of anilines is 1. The van der Waals surface area contributed by atoms with Gasteiger partial charge in [0.05, 0.1) is 45.8 Å². The second-order valence-electron chi connectivity index (χ2n) is 9.27. The largest absolute Gasteiger partial charge is 0.494 e. The first kappa shape index (κ1) is 25.6. The van der Waals surface area contributed by atoms with Crippen molar-refractivity contribution in [3.8, 4) is 28.4 Å². The molecule has 0 aliphatic carbocycles. The second kappa shape index (κ2) is 10.8. The normalized spacial score (nSPS) is 13.2. The minimum atomic E-state index is 0.549. The molecule has 1 aliphatic rings. The summed E-state index contributed by atoms with van der Waals surface area (Å²) in [5.74, 6) is 2.89. The smallest absolute Gasteiger partial charge is 0.163 e. The van der Waals surface area contributed by atoms with Gasteiger partial charge in [-0.15, -0.1) is 11.3 Å². The molecule has 0 unspecified atom stereocenters. The maximum atomic E-state index is 6.71. The summed E-state index contributed by atoms with van der Waals surface area (Å²) in [6.45, 7) is 11.1. The number of aromatic nitrogens is 4. The van der Waals surface area contributed by atoms with Gasteiger partial charge in [-0.2, -0.15) is 0 Å². The van der Waals surface area contributed by atoms with E-state index in [0.29, 0.717) is 17.5 Å². The Bertz CT molecular complexity index is 1410. The number of hydrogen-bond acceptors (Lipinski definition) is 9. The highest BCUT2D eigenvalue weighted by Crippen LogP contribution is 2.38. The topological polar surface area (TPSA) is 89.2 Å². The van der Waals surface area contributed by atoms with Crippen molar-refractivity contribution in [1.82, 2.24) is 25.4 Å². The fourth-order valence-corrected chi connectivity index (χ4v) is 5.91. The molecule has 0 saturated carbocycles. The monoisotopic (exact) mass is 538 g/mol. The summed E-state index contributed by atoms with van der Waals surface area (Å²) in [7, 11) is 1.93. The van der Waals surface area contributed by atoms with E-state index in [2.05, 4.69) is 29.2 Å². The van der Waals surface area contributed by atoms with Gasteiger partial charge in [0, 0.05) is 29.0 Å². The molecule has 37 heavy (non-hydrogen) atoms. The summed E-state index contributed by atoms with van der Waals surface area (Å²) in [4.78, 5) is 18.4. The van der Waals surface area contributed by atoms with Gasteiger partial charge in [-0.05, 0) is 65.9 Å².